The molecule has 0 bridgehead atoms. The molecule has 1 aromatic carbocycles. The summed E-state index contributed by atoms with van der Waals surface area (Å²) in [5.74, 6) is 0.578. The summed E-state index contributed by atoms with van der Waals surface area (Å²) in [4.78, 5) is 0. The third-order valence-electron chi connectivity index (χ3n) is 3.06. The number of hydrogen-bond acceptors (Lipinski definition) is 1. The van der Waals surface area contributed by atoms with Crippen LogP contribution in [0.4, 0.5) is 4.39 Å². The van der Waals surface area contributed by atoms with Crippen molar-refractivity contribution in [3.8, 4) is 0 Å². The maximum atomic E-state index is 13.1. The molecule has 0 aromatic heterocycles. The molecule has 1 aromatic rings. The smallest absolute Gasteiger partial charge is 0.123 e. The van der Waals surface area contributed by atoms with Gasteiger partial charge in [-0.05, 0) is 50.3 Å². The van der Waals surface area contributed by atoms with E-state index in [1.54, 1.807) is 12.1 Å². The molecule has 17 heavy (non-hydrogen) atoms. The third-order valence-corrected chi connectivity index (χ3v) is 3.06. The fourth-order valence-corrected chi connectivity index (χ4v) is 1.97. The number of nitrogens with one attached hydrogen (secondary N) is 1. The summed E-state index contributed by atoms with van der Waals surface area (Å²) >= 11 is 0. The Kier molecular flexibility index (Phi) is 5.63. The van der Waals surface area contributed by atoms with Gasteiger partial charge in [-0.3, -0.25) is 0 Å². The highest BCUT2D eigenvalue weighted by atomic mass is 19.1. The van der Waals surface area contributed by atoms with Gasteiger partial charge in [0.05, 0.1) is 0 Å². The van der Waals surface area contributed by atoms with Crippen LogP contribution in [0.1, 0.15) is 52.1 Å². The molecule has 0 amide bonds. The van der Waals surface area contributed by atoms with Gasteiger partial charge in [-0.15, -0.1) is 0 Å². The summed E-state index contributed by atoms with van der Waals surface area (Å²) in [7, 11) is 0. The van der Waals surface area contributed by atoms with Crippen molar-refractivity contribution in [2.24, 2.45) is 5.92 Å². The van der Waals surface area contributed by atoms with E-state index in [1.807, 2.05) is 6.07 Å². The number of halogens is 1. The van der Waals surface area contributed by atoms with Crippen LogP contribution in [0, 0.1) is 11.7 Å². The molecule has 0 fully saturated rings. The Balaban J connectivity index is 2.45. The predicted molar refractivity (Wildman–Crippen MR) is 71.5 cm³/mol. The lowest BCUT2D eigenvalue weighted by molar-refractivity contribution is 0.416. The first-order chi connectivity index (χ1) is 7.99. The van der Waals surface area contributed by atoms with Gasteiger partial charge in [-0.2, -0.15) is 0 Å². The van der Waals surface area contributed by atoms with Crippen LogP contribution < -0.4 is 5.32 Å². The van der Waals surface area contributed by atoms with Gasteiger partial charge in [0.15, 0.2) is 0 Å². The summed E-state index contributed by atoms with van der Waals surface area (Å²) in [5.41, 5.74) is 1.02. The fourth-order valence-electron chi connectivity index (χ4n) is 1.97. The summed E-state index contributed by atoms with van der Waals surface area (Å²) in [5, 5.41) is 3.51. The second kappa shape index (κ2) is 6.75. The third kappa shape index (κ3) is 5.31. The zero-order chi connectivity index (χ0) is 12.8. The lowest BCUT2D eigenvalue weighted by atomic mass is 10.0. The SMILES string of the molecule is CC(C)CCC(C)NC(C)c1cccc(F)c1. The van der Waals surface area contributed by atoms with Gasteiger partial charge < -0.3 is 5.32 Å². The van der Waals surface area contributed by atoms with Gasteiger partial charge in [-0.1, -0.05) is 26.0 Å². The van der Waals surface area contributed by atoms with E-state index in [9.17, 15) is 4.39 Å². The zero-order valence-electron chi connectivity index (χ0n) is 11.3. The quantitative estimate of drug-likeness (QED) is 0.777. The van der Waals surface area contributed by atoms with Gasteiger partial charge in [0, 0.05) is 12.1 Å². The van der Waals surface area contributed by atoms with E-state index in [1.165, 1.54) is 12.5 Å². The molecule has 2 unspecified atom stereocenters. The van der Waals surface area contributed by atoms with E-state index in [4.69, 9.17) is 0 Å². The first kappa shape index (κ1) is 14.2. The van der Waals surface area contributed by atoms with Crippen LogP contribution in [0.15, 0.2) is 24.3 Å². The molecule has 0 radical (unpaired) electrons. The van der Waals surface area contributed by atoms with Crippen molar-refractivity contribution < 1.29 is 4.39 Å². The van der Waals surface area contributed by atoms with E-state index >= 15 is 0 Å². The Morgan fingerprint density at radius 3 is 2.41 bits per heavy atom. The summed E-state index contributed by atoms with van der Waals surface area (Å²) in [6.07, 6.45) is 2.39. The minimum atomic E-state index is -0.161. The molecular weight excluding hydrogens is 213 g/mol. The summed E-state index contributed by atoms with van der Waals surface area (Å²) < 4.78 is 13.1. The van der Waals surface area contributed by atoms with Crippen molar-refractivity contribution in [3.05, 3.63) is 35.6 Å². The van der Waals surface area contributed by atoms with E-state index in [-0.39, 0.29) is 11.9 Å². The molecule has 0 spiro atoms. The van der Waals surface area contributed by atoms with Crippen LogP contribution >= 0.6 is 0 Å². The zero-order valence-corrected chi connectivity index (χ0v) is 11.3. The van der Waals surface area contributed by atoms with Crippen molar-refractivity contribution in [2.45, 2.75) is 52.6 Å². The van der Waals surface area contributed by atoms with Crippen molar-refractivity contribution in [2.75, 3.05) is 0 Å². The second-order valence-corrected chi connectivity index (χ2v) is 5.32. The lowest BCUT2D eigenvalue weighted by Gasteiger charge is -2.21. The molecule has 1 N–H and O–H groups in total. The van der Waals surface area contributed by atoms with Gasteiger partial charge in [0.2, 0.25) is 0 Å². The van der Waals surface area contributed by atoms with E-state index in [2.05, 4.69) is 33.0 Å². The highest BCUT2D eigenvalue weighted by Gasteiger charge is 2.10. The standard InChI is InChI=1S/C15H24FN/c1-11(2)8-9-12(3)17-13(4)14-6-5-7-15(16)10-14/h5-7,10-13,17H,8-9H2,1-4H3. The van der Waals surface area contributed by atoms with Crippen LogP contribution in [-0.2, 0) is 0 Å². The van der Waals surface area contributed by atoms with Crippen molar-refractivity contribution in [1.82, 2.24) is 5.32 Å². The molecule has 1 rings (SSSR count). The molecular formula is C15H24FN. The van der Waals surface area contributed by atoms with Crippen molar-refractivity contribution >= 4 is 0 Å². The summed E-state index contributed by atoms with van der Waals surface area (Å²) in [6.45, 7) is 8.75. The molecule has 96 valence electrons. The van der Waals surface area contributed by atoms with Gasteiger partial charge >= 0.3 is 0 Å². The normalized spacial score (nSPS) is 14.9. The minimum Gasteiger partial charge on any atom is -0.308 e. The maximum Gasteiger partial charge on any atom is 0.123 e. The van der Waals surface area contributed by atoms with E-state index < -0.39 is 0 Å². The van der Waals surface area contributed by atoms with Gasteiger partial charge in [0.25, 0.3) is 0 Å². The monoisotopic (exact) mass is 237 g/mol. The first-order valence-electron chi connectivity index (χ1n) is 6.50. The number of benzene rings is 1. The Morgan fingerprint density at radius 1 is 1.12 bits per heavy atom. The van der Waals surface area contributed by atoms with Crippen LogP contribution in [-0.4, -0.2) is 6.04 Å². The maximum absolute atomic E-state index is 13.1. The molecule has 1 nitrogen and oxygen atoms in total. The van der Waals surface area contributed by atoms with E-state index in [0.29, 0.717) is 6.04 Å². The molecule has 0 saturated heterocycles. The highest BCUT2D eigenvalue weighted by molar-refractivity contribution is 5.19. The topological polar surface area (TPSA) is 12.0 Å². The van der Waals surface area contributed by atoms with Gasteiger partial charge in [-0.25, -0.2) is 4.39 Å². The average Bonchev–Trinajstić information content (AvgIpc) is 2.26. The highest BCUT2D eigenvalue weighted by Crippen LogP contribution is 2.16. The number of rotatable bonds is 6. The minimum absolute atomic E-state index is 0.161. The van der Waals surface area contributed by atoms with Crippen LogP contribution in [0.5, 0.6) is 0 Å². The average molecular weight is 237 g/mol. The molecule has 2 heteroatoms. The molecule has 0 heterocycles. The number of hydrogen-bond donors (Lipinski definition) is 1. The lowest BCUT2D eigenvalue weighted by Crippen LogP contribution is -2.29. The van der Waals surface area contributed by atoms with Crippen LogP contribution in [0.25, 0.3) is 0 Å². The fraction of sp³-hybridized carbons (Fsp3) is 0.600. The molecule has 0 saturated carbocycles. The largest absolute Gasteiger partial charge is 0.308 e. The predicted octanol–water partition coefficient (Wildman–Crippen LogP) is 4.30. The van der Waals surface area contributed by atoms with Crippen molar-refractivity contribution in [1.29, 1.82) is 0 Å². The Hall–Kier alpha value is -0.890. The first-order valence-corrected chi connectivity index (χ1v) is 6.50. The second-order valence-electron chi connectivity index (χ2n) is 5.32. The molecule has 2 atom stereocenters. The van der Waals surface area contributed by atoms with E-state index in [0.717, 1.165) is 17.9 Å². The summed E-state index contributed by atoms with van der Waals surface area (Å²) in [6, 6.07) is 7.49. The molecule has 0 aliphatic heterocycles. The van der Waals surface area contributed by atoms with Crippen LogP contribution in [0.3, 0.4) is 0 Å². The van der Waals surface area contributed by atoms with Crippen LogP contribution in [0.2, 0.25) is 0 Å². The molecule has 0 aliphatic carbocycles. The van der Waals surface area contributed by atoms with Crippen molar-refractivity contribution in [3.63, 3.8) is 0 Å². The molecule has 0 aliphatic rings. The Morgan fingerprint density at radius 2 is 1.82 bits per heavy atom. The Labute approximate surface area is 104 Å². The Bertz CT molecular complexity index is 335. The van der Waals surface area contributed by atoms with Gasteiger partial charge in [0.1, 0.15) is 5.82 Å².